The number of para-hydroxylation sites is 1. The van der Waals surface area contributed by atoms with E-state index in [1.54, 1.807) is 12.1 Å². The number of phenols is 1. The van der Waals surface area contributed by atoms with Crippen LogP contribution in [0.3, 0.4) is 0 Å². The molecular formula is C21H17NOS. The minimum absolute atomic E-state index is 0.280. The van der Waals surface area contributed by atoms with Crippen LogP contribution in [-0.2, 0) is 0 Å². The summed E-state index contributed by atoms with van der Waals surface area (Å²) in [5.41, 5.74) is 4.45. The van der Waals surface area contributed by atoms with E-state index >= 15 is 0 Å². The Labute approximate surface area is 145 Å². The third-order valence-corrected chi connectivity index (χ3v) is 5.46. The molecule has 0 radical (unpaired) electrons. The number of phenolic OH excluding ortho intramolecular Hbond substituents is 1. The molecule has 1 heterocycles. The number of nitrogens with zero attached hydrogens (tertiary/aromatic N) is 1. The van der Waals surface area contributed by atoms with Gasteiger partial charge in [0.2, 0.25) is 0 Å². The van der Waals surface area contributed by atoms with Crippen LogP contribution in [0.25, 0.3) is 0 Å². The molecule has 0 aliphatic carbocycles. The predicted octanol–water partition coefficient (Wildman–Crippen LogP) is 5.75. The standard InChI is InChI=1S/C21H17NOS/c23-17-12-10-15(11-13-17)19-14-21(16-6-2-1-3-7-16)24-20-9-5-4-8-18(20)22-19/h1-13,21,23H,14H2/t21-/m1/s1. The predicted molar refractivity (Wildman–Crippen MR) is 100 cm³/mol. The van der Waals surface area contributed by atoms with Crippen LogP contribution in [0, 0.1) is 0 Å². The number of fused-ring (bicyclic) bond motifs is 1. The molecule has 0 spiro atoms. The maximum absolute atomic E-state index is 9.55. The van der Waals surface area contributed by atoms with E-state index in [9.17, 15) is 5.11 Å². The lowest BCUT2D eigenvalue weighted by Crippen LogP contribution is -2.05. The minimum Gasteiger partial charge on any atom is -0.508 e. The van der Waals surface area contributed by atoms with Gasteiger partial charge in [0.05, 0.1) is 5.69 Å². The fraction of sp³-hybridized carbons (Fsp3) is 0.0952. The Balaban J connectivity index is 1.80. The topological polar surface area (TPSA) is 32.6 Å². The SMILES string of the molecule is Oc1ccc(C2=Nc3ccccc3S[C@@H](c3ccccc3)C2)cc1. The van der Waals surface area contributed by atoms with Crippen LogP contribution >= 0.6 is 11.8 Å². The van der Waals surface area contributed by atoms with Crippen LogP contribution in [0.4, 0.5) is 5.69 Å². The summed E-state index contributed by atoms with van der Waals surface area (Å²) in [6.45, 7) is 0. The Bertz CT molecular complexity index is 872. The van der Waals surface area contributed by atoms with E-state index in [0.29, 0.717) is 5.25 Å². The Kier molecular flexibility index (Phi) is 4.09. The van der Waals surface area contributed by atoms with E-state index in [4.69, 9.17) is 4.99 Å². The normalized spacial score (nSPS) is 16.8. The maximum Gasteiger partial charge on any atom is 0.115 e. The van der Waals surface area contributed by atoms with Crippen molar-refractivity contribution in [2.24, 2.45) is 4.99 Å². The van der Waals surface area contributed by atoms with Gasteiger partial charge in [-0.05, 0) is 47.5 Å². The van der Waals surface area contributed by atoms with Crippen molar-refractivity contribution in [1.82, 2.24) is 0 Å². The molecule has 1 atom stereocenters. The molecule has 0 unspecified atom stereocenters. The smallest absolute Gasteiger partial charge is 0.115 e. The molecule has 3 aromatic carbocycles. The van der Waals surface area contributed by atoms with Gasteiger partial charge in [-0.3, -0.25) is 4.99 Å². The summed E-state index contributed by atoms with van der Waals surface area (Å²) in [4.78, 5) is 6.14. The molecule has 1 aliphatic rings. The zero-order valence-corrected chi connectivity index (χ0v) is 13.9. The maximum atomic E-state index is 9.55. The van der Waals surface area contributed by atoms with Crippen molar-refractivity contribution in [3.63, 3.8) is 0 Å². The highest BCUT2D eigenvalue weighted by Gasteiger charge is 2.22. The van der Waals surface area contributed by atoms with Crippen molar-refractivity contribution < 1.29 is 5.11 Å². The van der Waals surface area contributed by atoms with Gasteiger partial charge in [-0.2, -0.15) is 0 Å². The first-order valence-electron chi connectivity index (χ1n) is 7.97. The fourth-order valence-corrected chi connectivity index (χ4v) is 4.13. The van der Waals surface area contributed by atoms with Crippen molar-refractivity contribution in [3.8, 4) is 5.75 Å². The van der Waals surface area contributed by atoms with Crippen molar-refractivity contribution >= 4 is 23.2 Å². The summed E-state index contributed by atoms with van der Waals surface area (Å²) in [5.74, 6) is 0.280. The molecule has 2 nitrogen and oxygen atoms in total. The lowest BCUT2D eigenvalue weighted by atomic mass is 10.0. The first-order chi connectivity index (χ1) is 11.8. The number of benzene rings is 3. The monoisotopic (exact) mass is 331 g/mol. The zero-order valence-electron chi connectivity index (χ0n) is 13.1. The Morgan fingerprint density at radius 3 is 2.33 bits per heavy atom. The summed E-state index contributed by atoms with van der Waals surface area (Å²) < 4.78 is 0. The summed E-state index contributed by atoms with van der Waals surface area (Å²) in [6.07, 6.45) is 0.855. The highest BCUT2D eigenvalue weighted by Crippen LogP contribution is 2.45. The van der Waals surface area contributed by atoms with Crippen molar-refractivity contribution in [3.05, 3.63) is 90.0 Å². The highest BCUT2D eigenvalue weighted by atomic mass is 32.2. The summed E-state index contributed by atoms with van der Waals surface area (Å²) in [7, 11) is 0. The van der Waals surface area contributed by atoms with Gasteiger partial charge in [0.15, 0.2) is 0 Å². The summed E-state index contributed by atoms with van der Waals surface area (Å²) in [5, 5.41) is 9.88. The van der Waals surface area contributed by atoms with Crippen LogP contribution in [-0.4, -0.2) is 10.8 Å². The molecular weight excluding hydrogens is 314 g/mol. The molecule has 0 saturated carbocycles. The number of hydrogen-bond acceptors (Lipinski definition) is 3. The van der Waals surface area contributed by atoms with E-state index < -0.39 is 0 Å². The summed E-state index contributed by atoms with van der Waals surface area (Å²) in [6, 6.07) is 26.2. The Hall–Kier alpha value is -2.52. The third kappa shape index (κ3) is 3.08. The number of thioether (sulfide) groups is 1. The second-order valence-corrected chi connectivity index (χ2v) is 7.04. The van der Waals surface area contributed by atoms with Gasteiger partial charge < -0.3 is 5.11 Å². The summed E-state index contributed by atoms with van der Waals surface area (Å²) >= 11 is 1.87. The molecule has 4 rings (SSSR count). The molecule has 0 bridgehead atoms. The molecule has 24 heavy (non-hydrogen) atoms. The van der Waals surface area contributed by atoms with Gasteiger partial charge in [-0.25, -0.2) is 0 Å². The van der Waals surface area contributed by atoms with Gasteiger partial charge >= 0.3 is 0 Å². The quantitative estimate of drug-likeness (QED) is 0.648. The average Bonchev–Trinajstić information content (AvgIpc) is 2.83. The zero-order chi connectivity index (χ0) is 16.4. The first-order valence-corrected chi connectivity index (χ1v) is 8.85. The second kappa shape index (κ2) is 6.54. The average molecular weight is 331 g/mol. The van der Waals surface area contributed by atoms with Gasteiger partial charge in [0.1, 0.15) is 5.75 Å². The number of aromatic hydroxyl groups is 1. The highest BCUT2D eigenvalue weighted by molar-refractivity contribution is 7.99. The molecule has 0 aromatic heterocycles. The van der Waals surface area contributed by atoms with Gasteiger partial charge in [0, 0.05) is 22.3 Å². The number of aliphatic imine (C=N–C) groups is 1. The largest absolute Gasteiger partial charge is 0.508 e. The third-order valence-electron chi connectivity index (χ3n) is 4.14. The van der Waals surface area contributed by atoms with Gasteiger partial charge in [-0.1, -0.05) is 42.5 Å². The lowest BCUT2D eigenvalue weighted by molar-refractivity contribution is 0.475. The molecule has 118 valence electrons. The van der Waals surface area contributed by atoms with Gasteiger partial charge in [-0.15, -0.1) is 11.8 Å². The van der Waals surface area contributed by atoms with Crippen LogP contribution in [0.2, 0.25) is 0 Å². The number of hydrogen-bond donors (Lipinski definition) is 1. The Morgan fingerprint density at radius 2 is 1.54 bits per heavy atom. The van der Waals surface area contributed by atoms with Crippen LogP contribution < -0.4 is 0 Å². The van der Waals surface area contributed by atoms with Crippen molar-refractivity contribution in [2.75, 3.05) is 0 Å². The molecule has 0 amide bonds. The molecule has 1 aliphatic heterocycles. The first kappa shape index (κ1) is 15.0. The van der Waals surface area contributed by atoms with Crippen LogP contribution in [0.15, 0.2) is 88.8 Å². The van der Waals surface area contributed by atoms with Crippen LogP contribution in [0.1, 0.15) is 22.8 Å². The Morgan fingerprint density at radius 1 is 0.833 bits per heavy atom. The van der Waals surface area contributed by atoms with E-state index in [1.165, 1.54) is 10.5 Å². The number of rotatable bonds is 2. The molecule has 0 saturated heterocycles. The van der Waals surface area contributed by atoms with E-state index in [-0.39, 0.29) is 5.75 Å². The van der Waals surface area contributed by atoms with E-state index in [1.807, 2.05) is 36.0 Å². The van der Waals surface area contributed by atoms with Crippen molar-refractivity contribution in [1.29, 1.82) is 0 Å². The van der Waals surface area contributed by atoms with E-state index in [2.05, 4.69) is 42.5 Å². The molecule has 0 fully saturated rings. The fourth-order valence-electron chi connectivity index (χ4n) is 2.90. The van der Waals surface area contributed by atoms with E-state index in [0.717, 1.165) is 23.4 Å². The van der Waals surface area contributed by atoms with Crippen LogP contribution in [0.5, 0.6) is 5.75 Å². The lowest BCUT2D eigenvalue weighted by Gasteiger charge is -2.16. The van der Waals surface area contributed by atoms with Gasteiger partial charge in [0.25, 0.3) is 0 Å². The second-order valence-electron chi connectivity index (χ2n) is 5.79. The van der Waals surface area contributed by atoms with Crippen molar-refractivity contribution in [2.45, 2.75) is 16.6 Å². The molecule has 3 aromatic rings. The molecule has 1 N–H and O–H groups in total. The molecule has 3 heteroatoms. The minimum atomic E-state index is 0.280.